The summed E-state index contributed by atoms with van der Waals surface area (Å²) in [5.41, 5.74) is -3.21. The lowest BCUT2D eigenvalue weighted by Gasteiger charge is -2.60. The molecule has 4 rings (SSSR count). The van der Waals surface area contributed by atoms with Gasteiger partial charge in [-0.05, 0) is 93.1 Å². The molecule has 0 bridgehead atoms. The normalized spacial score (nSPS) is 47.6. The minimum Gasteiger partial charge on any atom is -0.396 e. The van der Waals surface area contributed by atoms with Gasteiger partial charge in [-0.15, -0.1) is 0 Å². The third kappa shape index (κ3) is 3.65. The Morgan fingerprint density at radius 3 is 2.44 bits per heavy atom. The van der Waals surface area contributed by atoms with Crippen LogP contribution in [0.5, 0.6) is 0 Å². The standard InChI is InChI=1S/C27H44O7/c1-15(14-28)5-6-23(32)26(4,33)22-8-10-27(34)17-11-19(29)18-12-20(30)21(31)13-24(18,2)16(17)7-9-25(22,27)3/h11,15-16,18,20-23,28,30-34H,5-10,12-14H2,1-4H3/t15-,16-,18-,20-,21-,22-,23-,24+,25+,26+,27+/m0/s1. The SMILES string of the molecule is C[C@H](CO)CC[C@H](O)[C@](C)(O)[C@H]1CC[C@@]2(O)C3=CC(=O)[C@@H]4C[C@H](O)[C@@H](O)C[C@]4(C)[C@H]3CC[C@]12C. The molecule has 0 aromatic heterocycles. The second-order valence-electron chi connectivity index (χ2n) is 12.7. The molecule has 0 aromatic rings. The molecule has 34 heavy (non-hydrogen) atoms. The van der Waals surface area contributed by atoms with Crippen LogP contribution in [0.3, 0.4) is 0 Å². The Labute approximate surface area is 202 Å². The average Bonchev–Trinajstić information content (AvgIpc) is 3.06. The number of rotatable bonds is 6. The number of hydrogen-bond acceptors (Lipinski definition) is 7. The number of hydrogen-bond donors (Lipinski definition) is 6. The maximum Gasteiger partial charge on any atom is 0.159 e. The molecule has 4 aliphatic carbocycles. The van der Waals surface area contributed by atoms with E-state index in [0.29, 0.717) is 38.5 Å². The summed E-state index contributed by atoms with van der Waals surface area (Å²) in [7, 11) is 0. The van der Waals surface area contributed by atoms with E-state index < -0.39 is 40.3 Å². The molecule has 3 fully saturated rings. The van der Waals surface area contributed by atoms with Gasteiger partial charge in [-0.3, -0.25) is 4.79 Å². The Bertz CT molecular complexity index is 839. The van der Waals surface area contributed by atoms with E-state index in [4.69, 9.17) is 0 Å². The van der Waals surface area contributed by atoms with E-state index >= 15 is 0 Å². The van der Waals surface area contributed by atoms with E-state index in [-0.39, 0.29) is 42.5 Å². The first kappa shape index (κ1) is 26.2. The number of allylic oxidation sites excluding steroid dienone is 1. The van der Waals surface area contributed by atoms with Crippen LogP contribution in [0.1, 0.15) is 79.1 Å². The van der Waals surface area contributed by atoms with E-state index in [1.54, 1.807) is 13.0 Å². The zero-order valence-electron chi connectivity index (χ0n) is 21.1. The average molecular weight is 481 g/mol. The summed E-state index contributed by atoms with van der Waals surface area (Å²) >= 11 is 0. The third-order valence-corrected chi connectivity index (χ3v) is 10.7. The number of carbonyl (C=O) groups is 1. The van der Waals surface area contributed by atoms with Gasteiger partial charge >= 0.3 is 0 Å². The number of carbonyl (C=O) groups excluding carboxylic acids is 1. The van der Waals surface area contributed by atoms with Crippen LogP contribution in [0.2, 0.25) is 0 Å². The monoisotopic (exact) mass is 480 g/mol. The lowest BCUT2D eigenvalue weighted by molar-refractivity contribution is -0.176. The first-order chi connectivity index (χ1) is 15.7. The van der Waals surface area contributed by atoms with Crippen LogP contribution in [0.4, 0.5) is 0 Å². The molecule has 0 radical (unpaired) electrons. The molecule has 0 amide bonds. The number of fused-ring (bicyclic) bond motifs is 5. The van der Waals surface area contributed by atoms with Crippen molar-refractivity contribution in [2.75, 3.05) is 6.61 Å². The molecule has 0 saturated heterocycles. The maximum absolute atomic E-state index is 13.3. The van der Waals surface area contributed by atoms with Gasteiger partial charge in [0.05, 0.1) is 29.5 Å². The Balaban J connectivity index is 1.65. The predicted octanol–water partition coefficient (Wildman–Crippen LogP) is 1.71. The molecule has 7 heteroatoms. The maximum atomic E-state index is 13.3. The molecule has 0 unspecified atom stereocenters. The van der Waals surface area contributed by atoms with Gasteiger partial charge < -0.3 is 30.6 Å². The van der Waals surface area contributed by atoms with Gasteiger partial charge in [-0.2, -0.15) is 0 Å². The van der Waals surface area contributed by atoms with Gasteiger partial charge in [0.2, 0.25) is 0 Å². The highest BCUT2D eigenvalue weighted by Crippen LogP contribution is 2.68. The van der Waals surface area contributed by atoms with Gasteiger partial charge in [0.15, 0.2) is 5.78 Å². The van der Waals surface area contributed by atoms with E-state index in [2.05, 4.69) is 0 Å². The van der Waals surface area contributed by atoms with Crippen molar-refractivity contribution in [3.05, 3.63) is 11.6 Å². The van der Waals surface area contributed by atoms with Crippen LogP contribution >= 0.6 is 0 Å². The highest BCUT2D eigenvalue weighted by atomic mass is 16.3. The fourth-order valence-corrected chi connectivity index (χ4v) is 8.37. The molecule has 0 aromatic carbocycles. The fourth-order valence-electron chi connectivity index (χ4n) is 8.37. The third-order valence-electron chi connectivity index (χ3n) is 10.7. The van der Waals surface area contributed by atoms with Crippen LogP contribution in [0.25, 0.3) is 0 Å². The molecule has 3 saturated carbocycles. The Hall–Kier alpha value is -0.830. The lowest BCUT2D eigenvalue weighted by atomic mass is 9.45. The molecule has 194 valence electrons. The summed E-state index contributed by atoms with van der Waals surface area (Å²) in [5.74, 6) is -0.859. The topological polar surface area (TPSA) is 138 Å². The van der Waals surface area contributed by atoms with E-state index in [1.165, 1.54) is 0 Å². The van der Waals surface area contributed by atoms with Gasteiger partial charge in [0.1, 0.15) is 0 Å². The quantitative estimate of drug-likeness (QED) is 0.340. The van der Waals surface area contributed by atoms with E-state index in [1.807, 2.05) is 20.8 Å². The Morgan fingerprint density at radius 2 is 1.79 bits per heavy atom. The number of aliphatic hydroxyl groups excluding tert-OH is 4. The second kappa shape index (κ2) is 8.63. The van der Waals surface area contributed by atoms with Crippen LogP contribution in [-0.4, -0.2) is 72.5 Å². The first-order valence-corrected chi connectivity index (χ1v) is 13.1. The summed E-state index contributed by atoms with van der Waals surface area (Å²) in [4.78, 5) is 13.3. The Kier molecular flexibility index (Phi) is 6.66. The summed E-state index contributed by atoms with van der Waals surface area (Å²) in [5, 5.41) is 64.7. The van der Waals surface area contributed by atoms with Crippen molar-refractivity contribution in [3.63, 3.8) is 0 Å². The highest BCUT2D eigenvalue weighted by Gasteiger charge is 2.69. The minimum atomic E-state index is -1.42. The van der Waals surface area contributed by atoms with Crippen molar-refractivity contribution in [2.24, 2.45) is 34.5 Å². The van der Waals surface area contributed by atoms with Crippen LogP contribution in [0, 0.1) is 34.5 Å². The minimum absolute atomic E-state index is 0.0326. The Morgan fingerprint density at radius 1 is 1.12 bits per heavy atom. The van der Waals surface area contributed by atoms with Crippen molar-refractivity contribution >= 4 is 5.78 Å². The molecular formula is C27H44O7. The molecule has 11 atom stereocenters. The fraction of sp³-hybridized carbons (Fsp3) is 0.889. The van der Waals surface area contributed by atoms with Crippen LogP contribution < -0.4 is 0 Å². The summed E-state index contributed by atoms with van der Waals surface area (Å²) in [6.07, 6.45) is 2.65. The molecule has 7 nitrogen and oxygen atoms in total. The molecule has 0 spiro atoms. The van der Waals surface area contributed by atoms with Gasteiger partial charge in [-0.25, -0.2) is 0 Å². The van der Waals surface area contributed by atoms with Crippen molar-refractivity contribution in [3.8, 4) is 0 Å². The van der Waals surface area contributed by atoms with Crippen LogP contribution in [0.15, 0.2) is 11.6 Å². The summed E-state index contributed by atoms with van der Waals surface area (Å²) in [6, 6.07) is 0. The zero-order chi connectivity index (χ0) is 25.3. The molecule has 6 N–H and O–H groups in total. The number of ketones is 1. The van der Waals surface area contributed by atoms with Gasteiger partial charge in [0.25, 0.3) is 0 Å². The molecular weight excluding hydrogens is 436 g/mol. The molecule has 0 aliphatic heterocycles. The molecule has 4 aliphatic rings. The highest BCUT2D eigenvalue weighted by molar-refractivity contribution is 5.95. The van der Waals surface area contributed by atoms with Gasteiger partial charge in [0, 0.05) is 17.9 Å². The van der Waals surface area contributed by atoms with Crippen molar-refractivity contribution in [1.29, 1.82) is 0 Å². The van der Waals surface area contributed by atoms with Crippen molar-refractivity contribution in [1.82, 2.24) is 0 Å². The first-order valence-electron chi connectivity index (χ1n) is 13.1. The zero-order valence-corrected chi connectivity index (χ0v) is 21.1. The smallest absolute Gasteiger partial charge is 0.159 e. The summed E-state index contributed by atoms with van der Waals surface area (Å²) < 4.78 is 0. The number of aliphatic hydroxyl groups is 6. The van der Waals surface area contributed by atoms with Crippen LogP contribution in [-0.2, 0) is 4.79 Å². The second-order valence-corrected chi connectivity index (χ2v) is 12.7. The predicted molar refractivity (Wildman–Crippen MR) is 127 cm³/mol. The van der Waals surface area contributed by atoms with Crippen molar-refractivity contribution in [2.45, 2.75) is 109 Å². The van der Waals surface area contributed by atoms with E-state index in [9.17, 15) is 35.4 Å². The van der Waals surface area contributed by atoms with Gasteiger partial charge in [-0.1, -0.05) is 20.8 Å². The lowest BCUT2D eigenvalue weighted by Crippen LogP contribution is -2.62. The molecule has 0 heterocycles. The summed E-state index contributed by atoms with van der Waals surface area (Å²) in [6.45, 7) is 7.59. The van der Waals surface area contributed by atoms with Crippen molar-refractivity contribution < 1.29 is 35.4 Å². The van der Waals surface area contributed by atoms with E-state index in [0.717, 1.165) is 12.0 Å². The largest absolute Gasteiger partial charge is 0.396 e.